The number of ether oxygens (including phenoxy) is 2. The molecule has 3 aromatic carbocycles. The van der Waals surface area contributed by atoms with Crippen molar-refractivity contribution in [2.24, 2.45) is 0 Å². The minimum Gasteiger partial charge on any atom is -0.495 e. The summed E-state index contributed by atoms with van der Waals surface area (Å²) in [5.74, 6) is -0.553. The Morgan fingerprint density at radius 2 is 1.43 bits per heavy atom. The second kappa shape index (κ2) is 11.4. The first-order valence-electron chi connectivity index (χ1n) is 10.9. The normalized spacial score (nSPS) is 10.8. The van der Waals surface area contributed by atoms with Crippen molar-refractivity contribution in [1.29, 1.82) is 0 Å². The fourth-order valence-electron chi connectivity index (χ4n) is 3.17. The zero-order valence-electron chi connectivity index (χ0n) is 19.6. The summed E-state index contributed by atoms with van der Waals surface area (Å²) in [7, 11) is -2.73. The maximum absolute atomic E-state index is 13.0. The van der Waals surface area contributed by atoms with Crippen molar-refractivity contribution >= 4 is 27.5 Å². The van der Waals surface area contributed by atoms with Gasteiger partial charge in [-0.2, -0.15) is 0 Å². The predicted molar refractivity (Wildman–Crippen MR) is 132 cm³/mol. The van der Waals surface area contributed by atoms with Gasteiger partial charge in [0.15, 0.2) is 0 Å². The highest BCUT2D eigenvalue weighted by molar-refractivity contribution is 7.92. The Labute approximate surface area is 204 Å². The van der Waals surface area contributed by atoms with Gasteiger partial charge in [0.25, 0.3) is 21.8 Å². The molecule has 0 heterocycles. The van der Waals surface area contributed by atoms with Crippen LogP contribution in [0.5, 0.6) is 11.5 Å². The summed E-state index contributed by atoms with van der Waals surface area (Å²) in [6.45, 7) is 4.36. The van der Waals surface area contributed by atoms with E-state index in [1.807, 2.05) is 26.0 Å². The van der Waals surface area contributed by atoms with Gasteiger partial charge in [0.2, 0.25) is 0 Å². The van der Waals surface area contributed by atoms with E-state index in [1.54, 1.807) is 36.4 Å². The number of aryl methyl sites for hydroxylation is 1. The van der Waals surface area contributed by atoms with E-state index in [0.717, 1.165) is 12.0 Å². The number of anilines is 1. The van der Waals surface area contributed by atoms with Crippen LogP contribution in [-0.2, 0) is 16.4 Å². The number of rotatable bonds is 9. The number of carbonyl (C=O) groups is 2. The molecule has 3 N–H and O–H groups in total. The van der Waals surface area contributed by atoms with Gasteiger partial charge in [-0.15, -0.1) is 0 Å². The highest BCUT2D eigenvalue weighted by atomic mass is 32.2. The second-order valence-electron chi connectivity index (χ2n) is 7.39. The molecule has 184 valence electrons. The van der Waals surface area contributed by atoms with Gasteiger partial charge in [0.05, 0.1) is 13.7 Å². The third kappa shape index (κ3) is 6.51. The van der Waals surface area contributed by atoms with Crippen molar-refractivity contribution < 1.29 is 27.5 Å². The van der Waals surface area contributed by atoms with Gasteiger partial charge < -0.3 is 9.47 Å². The highest BCUT2D eigenvalue weighted by Crippen LogP contribution is 2.27. The minimum absolute atomic E-state index is 0.0134. The topological polar surface area (TPSA) is 123 Å². The molecule has 0 spiro atoms. The first-order valence-corrected chi connectivity index (χ1v) is 12.4. The molecule has 0 aliphatic carbocycles. The van der Waals surface area contributed by atoms with Crippen LogP contribution in [0, 0.1) is 0 Å². The molecule has 3 aromatic rings. The number of sulfonamides is 1. The third-order valence-electron chi connectivity index (χ3n) is 5.05. The van der Waals surface area contributed by atoms with Gasteiger partial charge in [-0.25, -0.2) is 8.42 Å². The second-order valence-corrected chi connectivity index (χ2v) is 9.04. The van der Waals surface area contributed by atoms with Crippen LogP contribution >= 0.6 is 0 Å². The summed E-state index contributed by atoms with van der Waals surface area (Å²) in [6, 6.07) is 17.3. The lowest BCUT2D eigenvalue weighted by Crippen LogP contribution is -2.41. The quantitative estimate of drug-likeness (QED) is 0.389. The van der Waals surface area contributed by atoms with Crippen LogP contribution < -0.4 is 25.0 Å². The Hall–Kier alpha value is -4.05. The van der Waals surface area contributed by atoms with Gasteiger partial charge in [-0.1, -0.05) is 19.1 Å². The third-order valence-corrected chi connectivity index (χ3v) is 6.45. The molecule has 0 bridgehead atoms. The van der Waals surface area contributed by atoms with Gasteiger partial charge in [0, 0.05) is 16.8 Å². The Morgan fingerprint density at radius 3 is 2.00 bits per heavy atom. The van der Waals surface area contributed by atoms with Crippen LogP contribution in [0.2, 0.25) is 0 Å². The molecule has 0 saturated heterocycles. The smallest absolute Gasteiger partial charge is 0.269 e. The number of carbonyl (C=O) groups excluding carboxylic acids is 2. The standard InChI is InChI=1S/C25H27N3O6S/c1-4-17-6-11-20(12-7-17)28-35(31,32)23-16-19(10-15-22(23)33-3)25(30)27-26-24(29)18-8-13-21(14-9-18)34-5-2/h6-16,28H,4-5H2,1-3H3,(H,26,29)(H,27,30). The molecular formula is C25H27N3O6S. The number of amides is 2. The number of nitrogens with one attached hydrogen (secondary N) is 3. The molecule has 0 unspecified atom stereocenters. The lowest BCUT2D eigenvalue weighted by Gasteiger charge is -2.14. The molecule has 35 heavy (non-hydrogen) atoms. The van der Waals surface area contributed by atoms with Gasteiger partial charge in [-0.05, 0) is 73.5 Å². The Bertz CT molecular complexity index is 1290. The Balaban J connectivity index is 1.74. The summed E-state index contributed by atoms with van der Waals surface area (Å²) in [5, 5.41) is 0. The predicted octanol–water partition coefficient (Wildman–Crippen LogP) is 3.53. The van der Waals surface area contributed by atoms with Crippen LogP contribution in [0.15, 0.2) is 71.6 Å². The van der Waals surface area contributed by atoms with E-state index in [-0.39, 0.29) is 16.2 Å². The Kier molecular flexibility index (Phi) is 8.32. The lowest BCUT2D eigenvalue weighted by atomic mass is 10.2. The zero-order valence-corrected chi connectivity index (χ0v) is 20.4. The van der Waals surface area contributed by atoms with Gasteiger partial charge in [0.1, 0.15) is 16.4 Å². The van der Waals surface area contributed by atoms with Crippen molar-refractivity contribution in [3.63, 3.8) is 0 Å². The summed E-state index contributed by atoms with van der Waals surface area (Å²) in [6.07, 6.45) is 0.827. The monoisotopic (exact) mass is 497 g/mol. The van der Waals surface area contributed by atoms with Crippen molar-refractivity contribution in [2.45, 2.75) is 25.2 Å². The molecule has 0 radical (unpaired) electrons. The fourth-order valence-corrected chi connectivity index (χ4v) is 4.43. The van der Waals surface area contributed by atoms with Crippen molar-refractivity contribution in [3.05, 3.63) is 83.4 Å². The molecule has 0 atom stereocenters. The number of hydrogen-bond donors (Lipinski definition) is 3. The molecule has 9 nitrogen and oxygen atoms in total. The van der Waals surface area contributed by atoms with E-state index in [4.69, 9.17) is 9.47 Å². The average Bonchev–Trinajstić information content (AvgIpc) is 2.87. The molecular weight excluding hydrogens is 470 g/mol. The summed E-state index contributed by atoms with van der Waals surface area (Å²) >= 11 is 0. The lowest BCUT2D eigenvalue weighted by molar-refractivity contribution is 0.0846. The number of benzene rings is 3. The minimum atomic E-state index is -4.07. The molecule has 0 saturated carbocycles. The van der Waals surface area contributed by atoms with E-state index in [9.17, 15) is 18.0 Å². The van der Waals surface area contributed by atoms with Gasteiger partial charge in [-0.3, -0.25) is 25.2 Å². The maximum Gasteiger partial charge on any atom is 0.269 e. The fraction of sp³-hybridized carbons (Fsp3) is 0.200. The Morgan fingerprint density at radius 1 is 0.829 bits per heavy atom. The van der Waals surface area contributed by atoms with Crippen molar-refractivity contribution in [1.82, 2.24) is 10.9 Å². The van der Waals surface area contributed by atoms with Gasteiger partial charge >= 0.3 is 0 Å². The van der Waals surface area contributed by atoms with Crippen LogP contribution in [0.4, 0.5) is 5.69 Å². The molecule has 0 fully saturated rings. The molecule has 0 aliphatic heterocycles. The molecule has 10 heteroatoms. The molecule has 3 rings (SSSR count). The first kappa shape index (κ1) is 25.6. The maximum atomic E-state index is 13.0. The van der Waals surface area contributed by atoms with E-state index in [1.165, 1.54) is 25.3 Å². The molecule has 0 aliphatic rings. The SMILES string of the molecule is CCOc1ccc(C(=O)NNC(=O)c2ccc(OC)c(S(=O)(=O)Nc3ccc(CC)cc3)c2)cc1. The first-order chi connectivity index (χ1) is 16.8. The van der Waals surface area contributed by atoms with Crippen LogP contribution in [0.3, 0.4) is 0 Å². The number of hydrogen-bond acceptors (Lipinski definition) is 6. The van der Waals surface area contributed by atoms with Crippen LogP contribution in [0.25, 0.3) is 0 Å². The molecule has 0 aromatic heterocycles. The highest BCUT2D eigenvalue weighted by Gasteiger charge is 2.22. The molecule has 2 amide bonds. The summed E-state index contributed by atoms with van der Waals surface area (Å²) in [5.41, 5.74) is 6.37. The van der Waals surface area contributed by atoms with Crippen molar-refractivity contribution in [3.8, 4) is 11.5 Å². The number of methoxy groups -OCH3 is 1. The van der Waals surface area contributed by atoms with E-state index < -0.39 is 21.8 Å². The van der Waals surface area contributed by atoms with Crippen LogP contribution in [-0.4, -0.2) is 33.9 Å². The van der Waals surface area contributed by atoms with Crippen LogP contribution in [0.1, 0.15) is 40.1 Å². The van der Waals surface area contributed by atoms with E-state index in [0.29, 0.717) is 23.6 Å². The number of hydrazine groups is 1. The largest absolute Gasteiger partial charge is 0.495 e. The summed E-state index contributed by atoms with van der Waals surface area (Å²) < 4.78 is 39.1. The van der Waals surface area contributed by atoms with E-state index in [2.05, 4.69) is 15.6 Å². The zero-order chi connectivity index (χ0) is 25.4. The summed E-state index contributed by atoms with van der Waals surface area (Å²) in [4.78, 5) is 24.7. The average molecular weight is 498 g/mol. The van der Waals surface area contributed by atoms with Crippen molar-refractivity contribution in [2.75, 3.05) is 18.4 Å². The van der Waals surface area contributed by atoms with E-state index >= 15 is 0 Å².